The standard InChI is InChI=1S/C18H21ClN4O/c1-13-10-17(23-8-4-5-9-23)22-16(21-13)12-20-18(24)11-14-6-2-3-7-15(14)19/h2-3,6-7,10H,4-5,8-9,11-12H2,1H3,(H,20,24). The monoisotopic (exact) mass is 344 g/mol. The summed E-state index contributed by atoms with van der Waals surface area (Å²) in [6, 6.07) is 9.37. The van der Waals surface area contributed by atoms with E-state index in [1.807, 2.05) is 31.2 Å². The number of rotatable bonds is 5. The van der Waals surface area contributed by atoms with Crippen LogP contribution < -0.4 is 10.2 Å². The Bertz CT molecular complexity index is 729. The van der Waals surface area contributed by atoms with E-state index in [0.717, 1.165) is 30.2 Å². The molecule has 0 aliphatic carbocycles. The van der Waals surface area contributed by atoms with Crippen LogP contribution >= 0.6 is 11.6 Å². The molecule has 1 fully saturated rings. The maximum absolute atomic E-state index is 12.1. The number of halogens is 1. The van der Waals surface area contributed by atoms with Gasteiger partial charge < -0.3 is 10.2 Å². The highest BCUT2D eigenvalue weighted by Crippen LogP contribution is 2.18. The van der Waals surface area contributed by atoms with Crippen molar-refractivity contribution >= 4 is 23.3 Å². The minimum atomic E-state index is -0.0871. The van der Waals surface area contributed by atoms with Gasteiger partial charge in [-0.15, -0.1) is 0 Å². The first-order valence-corrected chi connectivity index (χ1v) is 8.59. The van der Waals surface area contributed by atoms with Crippen molar-refractivity contribution in [1.29, 1.82) is 0 Å². The number of benzene rings is 1. The molecule has 0 bridgehead atoms. The third-order valence-corrected chi connectivity index (χ3v) is 4.44. The lowest BCUT2D eigenvalue weighted by Crippen LogP contribution is -2.27. The van der Waals surface area contributed by atoms with Crippen LogP contribution in [0.5, 0.6) is 0 Å². The Morgan fingerprint density at radius 1 is 1.25 bits per heavy atom. The highest BCUT2D eigenvalue weighted by Gasteiger charge is 2.15. The normalized spacial score (nSPS) is 14.0. The zero-order valence-electron chi connectivity index (χ0n) is 13.8. The predicted molar refractivity (Wildman–Crippen MR) is 95.2 cm³/mol. The Balaban J connectivity index is 1.61. The van der Waals surface area contributed by atoms with E-state index in [2.05, 4.69) is 20.2 Å². The Hall–Kier alpha value is -2.14. The summed E-state index contributed by atoms with van der Waals surface area (Å²) in [6.07, 6.45) is 2.66. The average molecular weight is 345 g/mol. The molecule has 0 radical (unpaired) electrons. The first kappa shape index (κ1) is 16.7. The van der Waals surface area contributed by atoms with Crippen LogP contribution in [0.1, 0.15) is 29.9 Å². The van der Waals surface area contributed by atoms with Crippen LogP contribution in [-0.2, 0) is 17.8 Å². The van der Waals surface area contributed by atoms with Gasteiger partial charge in [0.05, 0.1) is 13.0 Å². The molecule has 5 nitrogen and oxygen atoms in total. The second-order valence-electron chi connectivity index (χ2n) is 6.02. The predicted octanol–water partition coefficient (Wildman–Crippen LogP) is 2.90. The van der Waals surface area contributed by atoms with Gasteiger partial charge in [0.25, 0.3) is 0 Å². The van der Waals surface area contributed by atoms with E-state index >= 15 is 0 Å². The highest BCUT2D eigenvalue weighted by molar-refractivity contribution is 6.31. The van der Waals surface area contributed by atoms with Crippen LogP contribution in [0.3, 0.4) is 0 Å². The molecule has 1 aromatic heterocycles. The van der Waals surface area contributed by atoms with Gasteiger partial charge >= 0.3 is 0 Å². The molecular weight excluding hydrogens is 324 g/mol. The fraction of sp³-hybridized carbons (Fsp3) is 0.389. The number of hydrogen-bond donors (Lipinski definition) is 1. The smallest absolute Gasteiger partial charge is 0.224 e. The third kappa shape index (κ3) is 4.23. The van der Waals surface area contributed by atoms with E-state index in [1.165, 1.54) is 12.8 Å². The van der Waals surface area contributed by atoms with Crippen LogP contribution in [0.15, 0.2) is 30.3 Å². The van der Waals surface area contributed by atoms with Crippen molar-refractivity contribution in [2.45, 2.75) is 32.7 Å². The second kappa shape index (κ2) is 7.62. The molecule has 3 rings (SSSR count). The summed E-state index contributed by atoms with van der Waals surface area (Å²) in [7, 11) is 0. The number of nitrogens with zero attached hydrogens (tertiary/aromatic N) is 3. The number of aryl methyl sites for hydroxylation is 1. The van der Waals surface area contributed by atoms with Crippen molar-refractivity contribution in [2.75, 3.05) is 18.0 Å². The second-order valence-corrected chi connectivity index (χ2v) is 6.43. The van der Waals surface area contributed by atoms with Crippen molar-refractivity contribution in [1.82, 2.24) is 15.3 Å². The lowest BCUT2D eigenvalue weighted by atomic mass is 10.1. The molecule has 1 N–H and O–H groups in total. The molecule has 126 valence electrons. The Morgan fingerprint density at radius 2 is 2.00 bits per heavy atom. The van der Waals surface area contributed by atoms with Crippen molar-refractivity contribution in [3.05, 3.63) is 52.4 Å². The number of amides is 1. The van der Waals surface area contributed by atoms with Gasteiger partial charge in [-0.25, -0.2) is 9.97 Å². The van der Waals surface area contributed by atoms with Crippen LogP contribution in [0.4, 0.5) is 5.82 Å². The number of hydrogen-bond acceptors (Lipinski definition) is 4. The summed E-state index contributed by atoms with van der Waals surface area (Å²) >= 11 is 6.09. The molecule has 0 spiro atoms. The Morgan fingerprint density at radius 3 is 2.75 bits per heavy atom. The van der Waals surface area contributed by atoms with Crippen molar-refractivity contribution < 1.29 is 4.79 Å². The van der Waals surface area contributed by atoms with Gasteiger partial charge in [-0.3, -0.25) is 4.79 Å². The molecule has 0 saturated carbocycles. The lowest BCUT2D eigenvalue weighted by Gasteiger charge is -2.17. The average Bonchev–Trinajstić information content (AvgIpc) is 3.09. The van der Waals surface area contributed by atoms with Gasteiger partial charge in [0, 0.05) is 29.9 Å². The molecule has 1 aliphatic rings. The van der Waals surface area contributed by atoms with Crippen molar-refractivity contribution in [3.63, 3.8) is 0 Å². The number of nitrogens with one attached hydrogen (secondary N) is 1. The van der Waals surface area contributed by atoms with Crippen LogP contribution in [0.25, 0.3) is 0 Å². The maximum Gasteiger partial charge on any atom is 0.224 e. The van der Waals surface area contributed by atoms with Gasteiger partial charge in [-0.2, -0.15) is 0 Å². The summed E-state index contributed by atoms with van der Waals surface area (Å²) in [4.78, 5) is 23.4. The van der Waals surface area contributed by atoms with Gasteiger partial charge in [-0.1, -0.05) is 29.8 Å². The zero-order chi connectivity index (χ0) is 16.9. The summed E-state index contributed by atoms with van der Waals surface area (Å²) in [5.74, 6) is 1.51. The Labute approximate surface area is 147 Å². The van der Waals surface area contributed by atoms with Crippen LogP contribution in [0, 0.1) is 6.92 Å². The fourth-order valence-corrected chi connectivity index (χ4v) is 3.06. The molecule has 1 aromatic carbocycles. The molecule has 0 atom stereocenters. The van der Waals surface area contributed by atoms with Gasteiger partial charge in [-0.05, 0) is 31.4 Å². The molecule has 2 heterocycles. The van der Waals surface area contributed by atoms with E-state index in [-0.39, 0.29) is 12.3 Å². The molecule has 1 amide bonds. The topological polar surface area (TPSA) is 58.1 Å². The number of carbonyl (C=O) groups is 1. The first-order valence-electron chi connectivity index (χ1n) is 8.21. The van der Waals surface area contributed by atoms with Crippen LogP contribution in [0.2, 0.25) is 5.02 Å². The lowest BCUT2D eigenvalue weighted by molar-refractivity contribution is -0.120. The van der Waals surface area contributed by atoms with E-state index < -0.39 is 0 Å². The van der Waals surface area contributed by atoms with Gasteiger partial charge in [0.15, 0.2) is 0 Å². The number of carbonyl (C=O) groups excluding carboxylic acids is 1. The van der Waals surface area contributed by atoms with Gasteiger partial charge in [0.2, 0.25) is 5.91 Å². The summed E-state index contributed by atoms with van der Waals surface area (Å²) in [5, 5.41) is 3.49. The first-order chi connectivity index (χ1) is 11.6. The van der Waals surface area contributed by atoms with Crippen molar-refractivity contribution in [2.24, 2.45) is 0 Å². The van der Waals surface area contributed by atoms with E-state index in [9.17, 15) is 4.79 Å². The summed E-state index contributed by atoms with van der Waals surface area (Å²) < 4.78 is 0. The SMILES string of the molecule is Cc1cc(N2CCCC2)nc(CNC(=O)Cc2ccccc2Cl)n1. The van der Waals surface area contributed by atoms with E-state index in [4.69, 9.17) is 11.6 Å². The Kier molecular flexibility index (Phi) is 5.30. The zero-order valence-corrected chi connectivity index (χ0v) is 14.5. The van der Waals surface area contributed by atoms with E-state index in [0.29, 0.717) is 17.4 Å². The molecule has 24 heavy (non-hydrogen) atoms. The largest absolute Gasteiger partial charge is 0.357 e. The minimum absolute atomic E-state index is 0.0871. The molecule has 1 saturated heterocycles. The summed E-state index contributed by atoms with van der Waals surface area (Å²) in [6.45, 7) is 4.35. The summed E-state index contributed by atoms with van der Waals surface area (Å²) in [5.41, 5.74) is 1.74. The quantitative estimate of drug-likeness (QED) is 0.906. The highest BCUT2D eigenvalue weighted by atomic mass is 35.5. The number of aromatic nitrogens is 2. The molecule has 6 heteroatoms. The molecular formula is C18H21ClN4O. The van der Waals surface area contributed by atoms with Crippen LogP contribution in [-0.4, -0.2) is 29.0 Å². The number of anilines is 1. The minimum Gasteiger partial charge on any atom is -0.357 e. The molecule has 1 aliphatic heterocycles. The molecule has 0 unspecified atom stereocenters. The van der Waals surface area contributed by atoms with E-state index in [1.54, 1.807) is 6.07 Å². The molecule has 2 aromatic rings. The van der Waals surface area contributed by atoms with Gasteiger partial charge in [0.1, 0.15) is 11.6 Å². The maximum atomic E-state index is 12.1. The fourth-order valence-electron chi connectivity index (χ4n) is 2.85. The third-order valence-electron chi connectivity index (χ3n) is 4.07. The van der Waals surface area contributed by atoms with Crippen molar-refractivity contribution in [3.8, 4) is 0 Å².